The zero-order valence-electron chi connectivity index (χ0n) is 9.13. The Morgan fingerprint density at radius 2 is 1.62 bits per heavy atom. The average Bonchev–Trinajstić information content (AvgIpc) is 2.10. The average molecular weight is 187 g/mol. The Morgan fingerprint density at radius 1 is 1.08 bits per heavy atom. The van der Waals surface area contributed by atoms with Crippen molar-refractivity contribution in [2.24, 2.45) is 5.73 Å². The zero-order chi connectivity index (χ0) is 10.1. The van der Waals surface area contributed by atoms with Gasteiger partial charge in [-0.25, -0.2) is 0 Å². The standard InChI is InChI=1S/C11H25NO/c1-3-4-5-6-7-8-9-11(13)10(2)12/h10-11,13H,3-9,12H2,1-2H3/t10-,11+/m1/s1. The van der Waals surface area contributed by atoms with E-state index in [0.717, 1.165) is 12.8 Å². The summed E-state index contributed by atoms with van der Waals surface area (Å²) >= 11 is 0. The van der Waals surface area contributed by atoms with Crippen LogP contribution in [0.25, 0.3) is 0 Å². The molecule has 0 aliphatic heterocycles. The molecule has 0 rings (SSSR count). The number of hydrogen-bond acceptors (Lipinski definition) is 2. The van der Waals surface area contributed by atoms with Gasteiger partial charge in [0.2, 0.25) is 0 Å². The molecule has 2 atom stereocenters. The van der Waals surface area contributed by atoms with Gasteiger partial charge >= 0.3 is 0 Å². The molecular weight excluding hydrogens is 162 g/mol. The van der Waals surface area contributed by atoms with Crippen molar-refractivity contribution in [3.63, 3.8) is 0 Å². The Balaban J connectivity index is 3.07. The van der Waals surface area contributed by atoms with Gasteiger partial charge in [-0.3, -0.25) is 0 Å². The van der Waals surface area contributed by atoms with Gasteiger partial charge in [-0.1, -0.05) is 45.4 Å². The summed E-state index contributed by atoms with van der Waals surface area (Å²) in [6.07, 6.45) is 8.20. The van der Waals surface area contributed by atoms with Crippen LogP contribution in [0.3, 0.4) is 0 Å². The van der Waals surface area contributed by atoms with Crippen LogP contribution in [0.5, 0.6) is 0 Å². The summed E-state index contributed by atoms with van der Waals surface area (Å²) in [4.78, 5) is 0. The largest absolute Gasteiger partial charge is 0.392 e. The molecule has 2 nitrogen and oxygen atoms in total. The minimum Gasteiger partial charge on any atom is -0.392 e. The molecule has 0 heterocycles. The molecule has 3 N–H and O–H groups in total. The minimum atomic E-state index is -0.300. The molecule has 0 radical (unpaired) electrons. The fourth-order valence-electron chi connectivity index (χ4n) is 1.40. The number of aliphatic hydroxyl groups excluding tert-OH is 1. The lowest BCUT2D eigenvalue weighted by Crippen LogP contribution is -2.31. The molecule has 0 aliphatic rings. The van der Waals surface area contributed by atoms with Crippen molar-refractivity contribution in [2.75, 3.05) is 0 Å². The molecule has 0 unspecified atom stereocenters. The maximum Gasteiger partial charge on any atom is 0.0688 e. The van der Waals surface area contributed by atoms with Gasteiger partial charge in [0, 0.05) is 6.04 Å². The molecule has 2 heteroatoms. The van der Waals surface area contributed by atoms with Crippen LogP contribution in [0, 0.1) is 0 Å². The summed E-state index contributed by atoms with van der Waals surface area (Å²) < 4.78 is 0. The monoisotopic (exact) mass is 187 g/mol. The molecule has 0 saturated carbocycles. The highest BCUT2D eigenvalue weighted by atomic mass is 16.3. The summed E-state index contributed by atoms with van der Waals surface area (Å²) in [6, 6.07) is -0.0735. The summed E-state index contributed by atoms with van der Waals surface area (Å²) in [5.74, 6) is 0. The van der Waals surface area contributed by atoms with Gasteiger partial charge in [-0.05, 0) is 13.3 Å². The van der Waals surface area contributed by atoms with E-state index in [-0.39, 0.29) is 12.1 Å². The van der Waals surface area contributed by atoms with Gasteiger partial charge in [-0.15, -0.1) is 0 Å². The lowest BCUT2D eigenvalue weighted by Gasteiger charge is -2.13. The number of hydrogen-bond donors (Lipinski definition) is 2. The normalized spacial score (nSPS) is 15.7. The van der Waals surface area contributed by atoms with Crippen molar-refractivity contribution in [3.8, 4) is 0 Å². The molecule has 0 aromatic heterocycles. The Morgan fingerprint density at radius 3 is 2.15 bits per heavy atom. The van der Waals surface area contributed by atoms with E-state index < -0.39 is 0 Å². The van der Waals surface area contributed by atoms with Crippen LogP contribution >= 0.6 is 0 Å². The molecular formula is C11H25NO. The first kappa shape index (κ1) is 12.9. The van der Waals surface area contributed by atoms with Crippen LogP contribution in [0.2, 0.25) is 0 Å². The van der Waals surface area contributed by atoms with Crippen LogP contribution in [0.4, 0.5) is 0 Å². The zero-order valence-corrected chi connectivity index (χ0v) is 9.13. The molecule has 0 amide bonds. The highest BCUT2D eigenvalue weighted by molar-refractivity contribution is 4.65. The van der Waals surface area contributed by atoms with Crippen molar-refractivity contribution < 1.29 is 5.11 Å². The Bertz CT molecular complexity index is 104. The van der Waals surface area contributed by atoms with Crippen LogP contribution < -0.4 is 5.73 Å². The van der Waals surface area contributed by atoms with Gasteiger partial charge in [0.25, 0.3) is 0 Å². The second kappa shape index (κ2) is 8.52. The topological polar surface area (TPSA) is 46.2 Å². The molecule has 0 aliphatic carbocycles. The van der Waals surface area contributed by atoms with Gasteiger partial charge < -0.3 is 10.8 Å². The first-order valence-corrected chi connectivity index (χ1v) is 5.62. The van der Waals surface area contributed by atoms with Gasteiger partial charge in [0.05, 0.1) is 6.10 Å². The van der Waals surface area contributed by atoms with E-state index >= 15 is 0 Å². The summed E-state index contributed by atoms with van der Waals surface area (Å²) in [6.45, 7) is 4.08. The van der Waals surface area contributed by atoms with Crippen molar-refractivity contribution in [1.29, 1.82) is 0 Å². The summed E-state index contributed by atoms with van der Waals surface area (Å²) in [5, 5.41) is 9.40. The molecule has 0 aromatic rings. The second-order valence-corrected chi connectivity index (χ2v) is 3.98. The minimum absolute atomic E-state index is 0.0735. The summed E-state index contributed by atoms with van der Waals surface area (Å²) in [5.41, 5.74) is 5.55. The van der Waals surface area contributed by atoms with Crippen molar-refractivity contribution >= 4 is 0 Å². The number of rotatable bonds is 8. The quantitative estimate of drug-likeness (QED) is 0.573. The number of nitrogens with two attached hydrogens (primary N) is 1. The highest BCUT2D eigenvalue weighted by Gasteiger charge is 2.07. The maximum absolute atomic E-state index is 9.40. The van der Waals surface area contributed by atoms with E-state index in [4.69, 9.17) is 5.73 Å². The molecule has 80 valence electrons. The fourth-order valence-corrected chi connectivity index (χ4v) is 1.40. The van der Waals surface area contributed by atoms with Crippen LogP contribution in [-0.4, -0.2) is 17.3 Å². The van der Waals surface area contributed by atoms with E-state index in [1.807, 2.05) is 6.92 Å². The van der Waals surface area contributed by atoms with Crippen LogP contribution in [0.1, 0.15) is 58.8 Å². The van der Waals surface area contributed by atoms with E-state index in [9.17, 15) is 5.11 Å². The highest BCUT2D eigenvalue weighted by Crippen LogP contribution is 2.09. The smallest absolute Gasteiger partial charge is 0.0688 e. The van der Waals surface area contributed by atoms with Crippen LogP contribution in [-0.2, 0) is 0 Å². The van der Waals surface area contributed by atoms with E-state index in [2.05, 4.69) is 6.92 Å². The summed E-state index contributed by atoms with van der Waals surface area (Å²) in [7, 11) is 0. The molecule has 0 aromatic carbocycles. The number of aliphatic hydroxyl groups is 1. The van der Waals surface area contributed by atoms with Gasteiger partial charge in [-0.2, -0.15) is 0 Å². The molecule has 13 heavy (non-hydrogen) atoms. The Hall–Kier alpha value is -0.0800. The molecule has 0 fully saturated rings. The van der Waals surface area contributed by atoms with Crippen molar-refractivity contribution in [2.45, 2.75) is 70.9 Å². The first-order chi connectivity index (χ1) is 6.18. The van der Waals surface area contributed by atoms with E-state index in [0.29, 0.717) is 0 Å². The molecule has 0 spiro atoms. The lowest BCUT2D eigenvalue weighted by molar-refractivity contribution is 0.138. The maximum atomic E-state index is 9.40. The molecule has 0 bridgehead atoms. The molecule has 0 saturated heterocycles. The van der Waals surface area contributed by atoms with E-state index in [1.54, 1.807) is 0 Å². The van der Waals surface area contributed by atoms with E-state index in [1.165, 1.54) is 32.1 Å². The first-order valence-electron chi connectivity index (χ1n) is 5.62. The second-order valence-electron chi connectivity index (χ2n) is 3.98. The van der Waals surface area contributed by atoms with Gasteiger partial charge in [0.15, 0.2) is 0 Å². The van der Waals surface area contributed by atoms with Crippen molar-refractivity contribution in [3.05, 3.63) is 0 Å². The Kier molecular flexibility index (Phi) is 8.46. The van der Waals surface area contributed by atoms with Gasteiger partial charge in [0.1, 0.15) is 0 Å². The lowest BCUT2D eigenvalue weighted by atomic mass is 10.0. The number of unbranched alkanes of at least 4 members (excludes halogenated alkanes) is 5. The predicted octanol–water partition coefficient (Wildman–Crippen LogP) is 2.45. The SMILES string of the molecule is CCCCCCCC[C@H](O)[C@@H](C)N. The van der Waals surface area contributed by atoms with Crippen LogP contribution in [0.15, 0.2) is 0 Å². The van der Waals surface area contributed by atoms with Crippen molar-refractivity contribution in [1.82, 2.24) is 0 Å². The third kappa shape index (κ3) is 8.26. The fraction of sp³-hybridized carbons (Fsp3) is 1.00. The third-order valence-corrected chi connectivity index (χ3v) is 2.46. The third-order valence-electron chi connectivity index (χ3n) is 2.46. The predicted molar refractivity (Wildman–Crippen MR) is 57.6 cm³/mol. The Labute approximate surface area is 82.5 Å².